The molecular formula is C10H8N2O3S. The lowest BCUT2D eigenvalue weighted by Gasteiger charge is -2.06. The minimum atomic E-state index is -1.03. The standard InChI is InChI=1S/C10H8N2O3S/c13-10(14)8-1-2-11-3-9(8)15-4-7-5-16-6-12-7/h1-3,5-6H,4H2,(H,13,14). The second-order valence-electron chi connectivity index (χ2n) is 2.95. The Morgan fingerprint density at radius 3 is 3.12 bits per heavy atom. The molecule has 6 heteroatoms. The lowest BCUT2D eigenvalue weighted by molar-refractivity contribution is 0.0691. The number of hydrogen-bond acceptors (Lipinski definition) is 5. The second kappa shape index (κ2) is 4.71. The van der Waals surface area contributed by atoms with Crippen molar-refractivity contribution in [2.45, 2.75) is 6.61 Å². The largest absolute Gasteiger partial charge is 0.485 e. The summed E-state index contributed by atoms with van der Waals surface area (Å²) in [6.45, 7) is 0.246. The summed E-state index contributed by atoms with van der Waals surface area (Å²) >= 11 is 1.46. The van der Waals surface area contributed by atoms with Crippen LogP contribution < -0.4 is 4.74 Å². The van der Waals surface area contributed by atoms with Gasteiger partial charge in [-0.05, 0) is 6.07 Å². The van der Waals surface area contributed by atoms with E-state index < -0.39 is 5.97 Å². The van der Waals surface area contributed by atoms with Crippen LogP contribution in [0.4, 0.5) is 0 Å². The zero-order chi connectivity index (χ0) is 11.4. The van der Waals surface area contributed by atoms with Crippen molar-refractivity contribution in [1.29, 1.82) is 0 Å². The molecule has 0 aromatic carbocycles. The van der Waals surface area contributed by atoms with Crippen molar-refractivity contribution in [1.82, 2.24) is 9.97 Å². The van der Waals surface area contributed by atoms with E-state index in [0.717, 1.165) is 5.69 Å². The molecule has 0 amide bonds. The summed E-state index contributed by atoms with van der Waals surface area (Å²) in [5, 5.41) is 10.7. The Balaban J connectivity index is 2.12. The van der Waals surface area contributed by atoms with E-state index in [2.05, 4.69) is 9.97 Å². The average molecular weight is 236 g/mol. The Hall–Kier alpha value is -1.95. The van der Waals surface area contributed by atoms with Crippen LogP contribution in [0, 0.1) is 0 Å². The highest BCUT2D eigenvalue weighted by Gasteiger charge is 2.10. The third-order valence-electron chi connectivity index (χ3n) is 1.87. The van der Waals surface area contributed by atoms with E-state index in [9.17, 15) is 4.79 Å². The molecule has 5 nitrogen and oxygen atoms in total. The molecule has 1 N–H and O–H groups in total. The Bertz CT molecular complexity index is 485. The van der Waals surface area contributed by atoms with Crippen molar-refractivity contribution in [3.8, 4) is 5.75 Å². The molecule has 0 fully saturated rings. The summed E-state index contributed by atoms with van der Waals surface area (Å²) < 4.78 is 5.34. The van der Waals surface area contributed by atoms with E-state index in [1.54, 1.807) is 5.51 Å². The van der Waals surface area contributed by atoms with Crippen LogP contribution >= 0.6 is 11.3 Å². The molecule has 16 heavy (non-hydrogen) atoms. The van der Waals surface area contributed by atoms with Crippen LogP contribution in [0.3, 0.4) is 0 Å². The highest BCUT2D eigenvalue weighted by Crippen LogP contribution is 2.17. The van der Waals surface area contributed by atoms with E-state index in [-0.39, 0.29) is 17.9 Å². The average Bonchev–Trinajstić information content (AvgIpc) is 2.79. The summed E-state index contributed by atoms with van der Waals surface area (Å²) in [6.07, 6.45) is 2.80. The fourth-order valence-electron chi connectivity index (χ4n) is 1.13. The van der Waals surface area contributed by atoms with E-state index in [4.69, 9.17) is 9.84 Å². The van der Waals surface area contributed by atoms with Gasteiger partial charge < -0.3 is 9.84 Å². The van der Waals surface area contributed by atoms with Crippen molar-refractivity contribution in [2.24, 2.45) is 0 Å². The molecule has 0 saturated carbocycles. The molecule has 0 atom stereocenters. The zero-order valence-corrected chi connectivity index (χ0v) is 8.98. The van der Waals surface area contributed by atoms with Gasteiger partial charge in [-0.2, -0.15) is 0 Å². The lowest BCUT2D eigenvalue weighted by Crippen LogP contribution is -2.03. The molecule has 0 bridgehead atoms. The summed E-state index contributed by atoms with van der Waals surface area (Å²) in [5.41, 5.74) is 2.57. The van der Waals surface area contributed by atoms with Gasteiger partial charge in [0, 0.05) is 11.6 Å². The number of rotatable bonds is 4. The van der Waals surface area contributed by atoms with E-state index in [1.807, 2.05) is 5.38 Å². The van der Waals surface area contributed by atoms with Gasteiger partial charge in [-0.1, -0.05) is 0 Å². The molecule has 0 radical (unpaired) electrons. The number of carbonyl (C=O) groups is 1. The molecule has 2 aromatic rings. The van der Waals surface area contributed by atoms with Crippen molar-refractivity contribution >= 4 is 17.3 Å². The zero-order valence-electron chi connectivity index (χ0n) is 8.16. The van der Waals surface area contributed by atoms with Gasteiger partial charge in [0.25, 0.3) is 0 Å². The molecule has 0 saturated heterocycles. The fraction of sp³-hybridized carbons (Fsp3) is 0.100. The van der Waals surface area contributed by atoms with E-state index >= 15 is 0 Å². The van der Waals surface area contributed by atoms with Gasteiger partial charge in [0.1, 0.15) is 12.2 Å². The number of aromatic carboxylic acids is 1. The topological polar surface area (TPSA) is 72.3 Å². The number of pyridine rings is 1. The van der Waals surface area contributed by atoms with Crippen molar-refractivity contribution in [3.05, 3.63) is 40.6 Å². The van der Waals surface area contributed by atoms with Crippen LogP contribution in [0.15, 0.2) is 29.4 Å². The SMILES string of the molecule is O=C(O)c1ccncc1OCc1cscn1. The first-order valence-electron chi connectivity index (χ1n) is 4.44. The normalized spacial score (nSPS) is 10.0. The number of aromatic nitrogens is 2. The van der Waals surface area contributed by atoms with Crippen molar-refractivity contribution in [2.75, 3.05) is 0 Å². The van der Waals surface area contributed by atoms with Crippen LogP contribution in [0.1, 0.15) is 16.1 Å². The molecule has 0 unspecified atom stereocenters. The second-order valence-corrected chi connectivity index (χ2v) is 3.66. The highest BCUT2D eigenvalue weighted by atomic mass is 32.1. The number of hydrogen-bond donors (Lipinski definition) is 1. The van der Waals surface area contributed by atoms with E-state index in [1.165, 1.54) is 29.8 Å². The number of carboxylic acids is 1. The Morgan fingerprint density at radius 2 is 2.44 bits per heavy atom. The maximum absolute atomic E-state index is 10.9. The molecule has 2 rings (SSSR count). The van der Waals surface area contributed by atoms with Gasteiger partial charge >= 0.3 is 5.97 Å². The highest BCUT2D eigenvalue weighted by molar-refractivity contribution is 7.07. The first kappa shape index (κ1) is 10.6. The third-order valence-corrected chi connectivity index (χ3v) is 2.51. The smallest absolute Gasteiger partial charge is 0.339 e. The first-order valence-corrected chi connectivity index (χ1v) is 5.39. The molecular weight excluding hydrogens is 228 g/mol. The summed E-state index contributed by atoms with van der Waals surface area (Å²) in [5.74, 6) is -0.779. The first-order chi connectivity index (χ1) is 7.77. The number of nitrogens with zero attached hydrogens (tertiary/aromatic N) is 2. The molecule has 0 aliphatic carbocycles. The predicted molar refractivity (Wildman–Crippen MR) is 57.6 cm³/mol. The van der Waals surface area contributed by atoms with Gasteiger partial charge in [-0.25, -0.2) is 9.78 Å². The molecule has 2 aromatic heterocycles. The van der Waals surface area contributed by atoms with Crippen LogP contribution in [0.2, 0.25) is 0 Å². The van der Waals surface area contributed by atoms with Gasteiger partial charge in [-0.3, -0.25) is 4.98 Å². The van der Waals surface area contributed by atoms with Crippen LogP contribution in [-0.2, 0) is 6.61 Å². The Labute approximate surface area is 95.4 Å². The van der Waals surface area contributed by atoms with Crippen LogP contribution in [0.25, 0.3) is 0 Å². The monoisotopic (exact) mass is 236 g/mol. The number of ether oxygens (including phenoxy) is 1. The van der Waals surface area contributed by atoms with Gasteiger partial charge in [0.15, 0.2) is 5.75 Å². The van der Waals surface area contributed by atoms with Gasteiger partial charge in [0.2, 0.25) is 0 Å². The third kappa shape index (κ3) is 2.34. The minimum Gasteiger partial charge on any atom is -0.485 e. The minimum absolute atomic E-state index is 0.102. The summed E-state index contributed by atoms with van der Waals surface area (Å²) in [6, 6.07) is 1.40. The number of carboxylic acid groups (broad SMARTS) is 1. The predicted octanol–water partition coefficient (Wildman–Crippen LogP) is 1.82. The van der Waals surface area contributed by atoms with Crippen molar-refractivity contribution in [3.63, 3.8) is 0 Å². The molecule has 82 valence electrons. The number of thiazole rings is 1. The molecule has 2 heterocycles. The Morgan fingerprint density at radius 1 is 1.56 bits per heavy atom. The summed E-state index contributed by atoms with van der Waals surface area (Å²) in [7, 11) is 0. The van der Waals surface area contributed by atoms with Gasteiger partial charge in [-0.15, -0.1) is 11.3 Å². The Kier molecular flexibility index (Phi) is 3.11. The lowest BCUT2D eigenvalue weighted by atomic mass is 10.2. The maximum atomic E-state index is 10.9. The van der Waals surface area contributed by atoms with Crippen molar-refractivity contribution < 1.29 is 14.6 Å². The molecule has 0 spiro atoms. The summed E-state index contributed by atoms with van der Waals surface area (Å²) in [4.78, 5) is 18.7. The van der Waals surface area contributed by atoms with Crippen LogP contribution in [0.5, 0.6) is 5.75 Å². The van der Waals surface area contributed by atoms with Crippen LogP contribution in [-0.4, -0.2) is 21.0 Å². The molecule has 0 aliphatic heterocycles. The molecule has 0 aliphatic rings. The van der Waals surface area contributed by atoms with E-state index in [0.29, 0.717) is 0 Å². The maximum Gasteiger partial charge on any atom is 0.339 e. The fourth-order valence-corrected chi connectivity index (χ4v) is 1.68. The van der Waals surface area contributed by atoms with Gasteiger partial charge in [0.05, 0.1) is 17.4 Å². The quantitative estimate of drug-likeness (QED) is 0.876.